The van der Waals surface area contributed by atoms with Gasteiger partial charge in [-0.1, -0.05) is 0 Å². The number of aryl methyl sites for hydroxylation is 1. The number of hydrogen-bond donors (Lipinski definition) is 2. The third-order valence-electron chi connectivity index (χ3n) is 3.58. The average Bonchev–Trinajstić information content (AvgIpc) is 3.27. The molecular weight excluding hydrogens is 376 g/mol. The molecule has 0 aliphatic heterocycles. The third kappa shape index (κ3) is 3.89. The number of sulfonamides is 1. The van der Waals surface area contributed by atoms with Crippen molar-refractivity contribution in [2.24, 2.45) is 0 Å². The van der Waals surface area contributed by atoms with Crippen molar-refractivity contribution in [1.29, 1.82) is 0 Å². The molecule has 9 nitrogen and oxygen atoms in total. The molecule has 0 saturated heterocycles. The molecule has 11 heteroatoms. The Kier molecular flexibility index (Phi) is 5.00. The Morgan fingerprint density at radius 2 is 2.12 bits per heavy atom. The number of anilines is 2. The highest BCUT2D eigenvalue weighted by molar-refractivity contribution is 7.92. The molecule has 0 saturated carbocycles. The largest absolute Gasteiger partial charge is 0.321 e. The monoisotopic (exact) mass is 392 g/mol. The van der Waals surface area contributed by atoms with Gasteiger partial charge in [0.25, 0.3) is 5.91 Å². The molecule has 0 unspecified atom stereocenters. The first kappa shape index (κ1) is 18.0. The highest BCUT2D eigenvalue weighted by Crippen LogP contribution is 2.24. The summed E-state index contributed by atoms with van der Waals surface area (Å²) in [4.78, 5) is 13.0. The quantitative estimate of drug-likeness (QED) is 0.663. The Balaban J connectivity index is 1.79. The highest BCUT2D eigenvalue weighted by atomic mass is 32.2. The molecule has 0 spiro atoms. The molecule has 0 bridgehead atoms. The summed E-state index contributed by atoms with van der Waals surface area (Å²) < 4.78 is 27.3. The van der Waals surface area contributed by atoms with E-state index in [1.807, 2.05) is 0 Å². The fraction of sp³-hybridized carbons (Fsp3) is 0.200. The van der Waals surface area contributed by atoms with Gasteiger partial charge in [-0.3, -0.25) is 9.52 Å². The molecule has 0 fully saturated rings. The summed E-state index contributed by atoms with van der Waals surface area (Å²) in [7, 11) is -3.35. The molecule has 0 radical (unpaired) electrons. The zero-order valence-corrected chi connectivity index (χ0v) is 15.6. The van der Waals surface area contributed by atoms with Crippen LogP contribution in [0.15, 0.2) is 36.0 Å². The molecule has 3 aromatic rings. The van der Waals surface area contributed by atoms with Gasteiger partial charge in [-0.05, 0) is 59.5 Å². The molecule has 2 heterocycles. The predicted molar refractivity (Wildman–Crippen MR) is 99.2 cm³/mol. The first-order valence-electron chi connectivity index (χ1n) is 7.63. The molecule has 0 atom stereocenters. The zero-order chi connectivity index (χ0) is 18.7. The minimum atomic E-state index is -3.35. The summed E-state index contributed by atoms with van der Waals surface area (Å²) in [5, 5.41) is 15.5. The van der Waals surface area contributed by atoms with Crippen molar-refractivity contribution in [2.45, 2.75) is 13.8 Å². The maximum atomic E-state index is 12.6. The van der Waals surface area contributed by atoms with E-state index >= 15 is 0 Å². The van der Waals surface area contributed by atoms with E-state index in [0.29, 0.717) is 27.5 Å². The molecule has 0 aliphatic rings. The van der Waals surface area contributed by atoms with Gasteiger partial charge in [-0.15, -0.1) is 16.4 Å². The summed E-state index contributed by atoms with van der Waals surface area (Å²) >= 11 is 1.27. The number of aromatic nitrogens is 4. The number of rotatable bonds is 6. The molecule has 1 amide bonds. The first-order valence-corrected chi connectivity index (χ1v) is 10.2. The molecule has 0 aliphatic carbocycles. The van der Waals surface area contributed by atoms with Crippen LogP contribution < -0.4 is 10.0 Å². The number of carbonyl (C=O) groups excluding carboxylic acids is 1. The second-order valence-corrected chi connectivity index (χ2v) is 8.31. The van der Waals surface area contributed by atoms with E-state index in [2.05, 4.69) is 25.6 Å². The zero-order valence-electron chi connectivity index (χ0n) is 14.0. The minimum absolute atomic E-state index is 0.0107. The SMILES string of the molecule is CCS(=O)(=O)Nc1ccc(NC(=O)c2sccc2-n2cnnn2)cc1C. The van der Waals surface area contributed by atoms with Crippen LogP contribution in [0, 0.1) is 6.92 Å². The number of thiophene rings is 1. The summed E-state index contributed by atoms with van der Waals surface area (Å²) in [6, 6.07) is 6.72. The topological polar surface area (TPSA) is 119 Å². The molecule has 26 heavy (non-hydrogen) atoms. The van der Waals surface area contributed by atoms with Crippen molar-refractivity contribution in [3.05, 3.63) is 46.4 Å². The fourth-order valence-corrected chi connectivity index (χ4v) is 3.69. The van der Waals surface area contributed by atoms with E-state index in [4.69, 9.17) is 0 Å². The number of tetrazole rings is 1. The van der Waals surface area contributed by atoms with Crippen molar-refractivity contribution >= 4 is 38.6 Å². The van der Waals surface area contributed by atoms with Crippen molar-refractivity contribution in [3.8, 4) is 5.69 Å². The number of benzene rings is 1. The number of carbonyl (C=O) groups is 1. The minimum Gasteiger partial charge on any atom is -0.321 e. The standard InChI is InChI=1S/C15H16N6O3S2/c1-3-26(23,24)18-12-5-4-11(8-10(12)2)17-15(22)14-13(6-7-25-14)21-9-16-19-20-21/h4-9,18H,3H2,1-2H3,(H,17,22). The van der Waals surface area contributed by atoms with Crippen LogP contribution in [0.3, 0.4) is 0 Å². The molecule has 1 aromatic carbocycles. The summed E-state index contributed by atoms with van der Waals surface area (Å²) in [6.45, 7) is 3.33. The lowest BCUT2D eigenvalue weighted by Crippen LogP contribution is -2.16. The van der Waals surface area contributed by atoms with Gasteiger partial charge in [0.15, 0.2) is 0 Å². The van der Waals surface area contributed by atoms with Crippen LogP contribution in [0.5, 0.6) is 0 Å². The van der Waals surface area contributed by atoms with Crippen LogP contribution in [0.2, 0.25) is 0 Å². The van der Waals surface area contributed by atoms with E-state index in [1.54, 1.807) is 43.5 Å². The second kappa shape index (κ2) is 7.22. The van der Waals surface area contributed by atoms with E-state index in [0.717, 1.165) is 0 Å². The Labute approximate surface area is 154 Å². The number of nitrogens with zero attached hydrogens (tertiary/aromatic N) is 4. The van der Waals surface area contributed by atoms with Gasteiger partial charge in [0.2, 0.25) is 10.0 Å². The smallest absolute Gasteiger partial charge is 0.267 e. The Morgan fingerprint density at radius 3 is 2.77 bits per heavy atom. The Hall–Kier alpha value is -2.79. The third-order valence-corrected chi connectivity index (χ3v) is 5.77. The number of nitrogens with one attached hydrogen (secondary N) is 2. The maximum Gasteiger partial charge on any atom is 0.267 e. The molecule has 2 N–H and O–H groups in total. The Bertz CT molecular complexity index is 1030. The second-order valence-electron chi connectivity index (χ2n) is 5.38. The summed E-state index contributed by atoms with van der Waals surface area (Å²) in [6.07, 6.45) is 1.41. The van der Waals surface area contributed by atoms with Gasteiger partial charge in [0, 0.05) is 5.69 Å². The molecule has 136 valence electrons. The van der Waals surface area contributed by atoms with Gasteiger partial charge in [0.1, 0.15) is 11.2 Å². The number of hydrogen-bond acceptors (Lipinski definition) is 7. The van der Waals surface area contributed by atoms with Gasteiger partial charge < -0.3 is 5.32 Å². The molecule has 2 aromatic heterocycles. The van der Waals surface area contributed by atoms with Crippen molar-refractivity contribution in [2.75, 3.05) is 15.8 Å². The van der Waals surface area contributed by atoms with E-state index < -0.39 is 10.0 Å². The highest BCUT2D eigenvalue weighted by Gasteiger charge is 2.16. The Morgan fingerprint density at radius 1 is 1.31 bits per heavy atom. The van der Waals surface area contributed by atoms with Crippen LogP contribution in [-0.2, 0) is 10.0 Å². The average molecular weight is 392 g/mol. The lowest BCUT2D eigenvalue weighted by atomic mass is 10.2. The van der Waals surface area contributed by atoms with Crippen molar-refractivity contribution in [3.63, 3.8) is 0 Å². The lowest BCUT2D eigenvalue weighted by Gasteiger charge is -2.11. The fourth-order valence-electron chi connectivity index (χ4n) is 2.21. The van der Waals surface area contributed by atoms with E-state index in [1.165, 1.54) is 22.3 Å². The van der Waals surface area contributed by atoms with Crippen molar-refractivity contribution < 1.29 is 13.2 Å². The van der Waals surface area contributed by atoms with Crippen molar-refractivity contribution in [1.82, 2.24) is 20.2 Å². The summed E-state index contributed by atoms with van der Waals surface area (Å²) in [5.41, 5.74) is 2.33. The maximum absolute atomic E-state index is 12.6. The normalized spacial score (nSPS) is 11.3. The van der Waals surface area contributed by atoms with Gasteiger partial charge in [0.05, 0.1) is 17.1 Å². The van der Waals surface area contributed by atoms with Crippen LogP contribution in [-0.4, -0.2) is 40.3 Å². The van der Waals surface area contributed by atoms with Gasteiger partial charge in [-0.2, -0.15) is 4.68 Å². The molecular formula is C15H16N6O3S2. The van der Waals surface area contributed by atoms with E-state index in [9.17, 15) is 13.2 Å². The first-order chi connectivity index (χ1) is 12.4. The number of amides is 1. The lowest BCUT2D eigenvalue weighted by molar-refractivity contribution is 0.103. The van der Waals surface area contributed by atoms with Crippen LogP contribution in [0.1, 0.15) is 22.2 Å². The summed E-state index contributed by atoms with van der Waals surface area (Å²) in [5.74, 6) is -0.310. The van der Waals surface area contributed by atoms with Crippen LogP contribution >= 0.6 is 11.3 Å². The van der Waals surface area contributed by atoms with Gasteiger partial charge >= 0.3 is 0 Å². The van der Waals surface area contributed by atoms with Gasteiger partial charge in [-0.25, -0.2) is 8.42 Å². The van der Waals surface area contributed by atoms with Crippen LogP contribution in [0.25, 0.3) is 5.69 Å². The molecule has 3 rings (SSSR count). The van der Waals surface area contributed by atoms with E-state index in [-0.39, 0.29) is 11.7 Å². The van der Waals surface area contributed by atoms with Crippen LogP contribution in [0.4, 0.5) is 11.4 Å². The predicted octanol–water partition coefficient (Wildman–Crippen LogP) is 2.05.